The molecular formula is C32H35F2N3O6. The quantitative estimate of drug-likeness (QED) is 0.329. The summed E-state index contributed by atoms with van der Waals surface area (Å²) in [6.07, 6.45) is 0.734. The lowest BCUT2D eigenvalue weighted by Gasteiger charge is -2.34. The largest absolute Gasteiger partial charge is 0.493 e. The maximum Gasteiger partial charge on any atom is 0.245 e. The van der Waals surface area contributed by atoms with Crippen LogP contribution in [-0.4, -0.2) is 56.5 Å². The van der Waals surface area contributed by atoms with Crippen molar-refractivity contribution in [2.45, 2.75) is 38.9 Å². The number of benzene rings is 3. The van der Waals surface area contributed by atoms with Crippen LogP contribution in [0.3, 0.4) is 0 Å². The van der Waals surface area contributed by atoms with Gasteiger partial charge in [0.25, 0.3) is 0 Å². The van der Waals surface area contributed by atoms with Gasteiger partial charge in [-0.2, -0.15) is 0 Å². The molecule has 11 heteroatoms. The van der Waals surface area contributed by atoms with Crippen LogP contribution >= 0.6 is 0 Å². The number of methoxy groups -OCH3 is 3. The Morgan fingerprint density at radius 2 is 1.56 bits per heavy atom. The Bertz CT molecular complexity index is 1460. The number of nitrogens with zero attached hydrogens (tertiary/aromatic N) is 1. The number of nitrogens with one attached hydrogen (secondary N) is 2. The van der Waals surface area contributed by atoms with E-state index in [1.807, 2.05) is 36.4 Å². The summed E-state index contributed by atoms with van der Waals surface area (Å²) in [5.74, 6) is -2.91. The van der Waals surface area contributed by atoms with Crippen molar-refractivity contribution in [3.05, 3.63) is 88.5 Å². The zero-order valence-electron chi connectivity index (χ0n) is 24.5. The number of amides is 3. The van der Waals surface area contributed by atoms with E-state index in [1.54, 1.807) is 12.0 Å². The number of rotatable bonds is 11. The average Bonchev–Trinajstić information content (AvgIpc) is 3.01. The van der Waals surface area contributed by atoms with Gasteiger partial charge in [-0.15, -0.1) is 0 Å². The summed E-state index contributed by atoms with van der Waals surface area (Å²) in [5, 5.41) is 5.30. The molecule has 3 amide bonds. The Kier molecular flexibility index (Phi) is 10.2. The highest BCUT2D eigenvalue weighted by Crippen LogP contribution is 2.43. The van der Waals surface area contributed by atoms with E-state index >= 15 is 0 Å². The standard InChI is InChI=1S/C32H35F2N3O6/c1-19(30(38)35-17-21-12-23(33)16-24(34)13-21)31(39)36-26(14-20-8-6-5-7-9-20)32(40)37-11-10-22-15-27(41-2)29(43-4)28(42-3)25(22)18-37/h5-9,12-13,15-16,19,26H,10-11,14,17-18H2,1-4H3,(H,35,38)(H,36,39). The molecule has 43 heavy (non-hydrogen) atoms. The highest BCUT2D eigenvalue weighted by molar-refractivity contribution is 6.01. The number of hydrogen-bond acceptors (Lipinski definition) is 6. The van der Waals surface area contributed by atoms with Gasteiger partial charge in [0.15, 0.2) is 11.5 Å². The molecule has 3 aromatic carbocycles. The van der Waals surface area contributed by atoms with E-state index in [2.05, 4.69) is 10.6 Å². The molecule has 0 aromatic heterocycles. The van der Waals surface area contributed by atoms with Crippen LogP contribution in [0, 0.1) is 17.6 Å². The summed E-state index contributed by atoms with van der Waals surface area (Å²) in [6.45, 7) is 1.86. The van der Waals surface area contributed by atoms with Gasteiger partial charge >= 0.3 is 0 Å². The highest BCUT2D eigenvalue weighted by Gasteiger charge is 2.33. The van der Waals surface area contributed by atoms with Gasteiger partial charge in [0.05, 0.1) is 21.3 Å². The summed E-state index contributed by atoms with van der Waals surface area (Å²) in [6, 6.07) is 13.1. The van der Waals surface area contributed by atoms with E-state index in [9.17, 15) is 23.2 Å². The highest BCUT2D eigenvalue weighted by atomic mass is 19.1. The maximum absolute atomic E-state index is 13.9. The monoisotopic (exact) mass is 595 g/mol. The Labute approximate surface area is 249 Å². The first-order chi connectivity index (χ1) is 20.6. The number of carbonyl (C=O) groups excluding carboxylic acids is 3. The fourth-order valence-electron chi connectivity index (χ4n) is 5.12. The molecule has 0 bridgehead atoms. The maximum atomic E-state index is 13.9. The molecule has 1 heterocycles. The SMILES string of the molecule is COc1cc2c(c(OC)c1OC)CN(C(=O)C(Cc1ccccc1)NC(=O)C(C)C(=O)NCc1cc(F)cc(F)c1)CC2. The zero-order chi connectivity index (χ0) is 31.1. The third-order valence-corrected chi connectivity index (χ3v) is 7.41. The molecule has 2 N–H and O–H groups in total. The van der Waals surface area contributed by atoms with Crippen molar-refractivity contribution in [2.75, 3.05) is 27.9 Å². The zero-order valence-corrected chi connectivity index (χ0v) is 24.5. The Hall–Kier alpha value is -4.67. The van der Waals surface area contributed by atoms with Crippen LogP contribution in [0.1, 0.15) is 29.2 Å². The number of halogens is 2. The van der Waals surface area contributed by atoms with Crippen molar-refractivity contribution in [3.63, 3.8) is 0 Å². The van der Waals surface area contributed by atoms with Gasteiger partial charge in [0.1, 0.15) is 23.6 Å². The van der Waals surface area contributed by atoms with Crippen LogP contribution in [0.4, 0.5) is 8.78 Å². The summed E-state index contributed by atoms with van der Waals surface area (Å²) in [7, 11) is 4.58. The van der Waals surface area contributed by atoms with Crippen molar-refractivity contribution in [2.24, 2.45) is 5.92 Å². The topological polar surface area (TPSA) is 106 Å². The summed E-state index contributed by atoms with van der Waals surface area (Å²) in [4.78, 5) is 41.6. The van der Waals surface area contributed by atoms with Crippen LogP contribution in [0.2, 0.25) is 0 Å². The molecule has 0 fully saturated rings. The Balaban J connectivity index is 1.51. The second kappa shape index (κ2) is 14.0. The van der Waals surface area contributed by atoms with Crippen LogP contribution in [0.25, 0.3) is 0 Å². The second-order valence-corrected chi connectivity index (χ2v) is 10.3. The molecule has 1 aliphatic rings. The van der Waals surface area contributed by atoms with E-state index in [4.69, 9.17) is 14.2 Å². The smallest absolute Gasteiger partial charge is 0.245 e. The predicted octanol–water partition coefficient (Wildman–Crippen LogP) is 3.56. The second-order valence-electron chi connectivity index (χ2n) is 10.3. The molecule has 0 spiro atoms. The van der Waals surface area contributed by atoms with Crippen molar-refractivity contribution in [1.82, 2.24) is 15.5 Å². The molecule has 0 saturated carbocycles. The van der Waals surface area contributed by atoms with Crippen LogP contribution in [0.15, 0.2) is 54.6 Å². The normalized spacial score (nSPS) is 13.8. The van der Waals surface area contributed by atoms with Gasteiger partial charge < -0.3 is 29.7 Å². The Morgan fingerprint density at radius 1 is 0.884 bits per heavy atom. The van der Waals surface area contributed by atoms with Gasteiger partial charge in [-0.05, 0) is 48.2 Å². The van der Waals surface area contributed by atoms with Crippen molar-refractivity contribution in [3.8, 4) is 17.2 Å². The van der Waals surface area contributed by atoms with Gasteiger partial charge in [-0.3, -0.25) is 14.4 Å². The van der Waals surface area contributed by atoms with Crippen LogP contribution in [0.5, 0.6) is 17.2 Å². The van der Waals surface area contributed by atoms with Crippen LogP contribution < -0.4 is 24.8 Å². The fraction of sp³-hybridized carbons (Fsp3) is 0.344. The van der Waals surface area contributed by atoms with Crippen LogP contribution in [-0.2, 0) is 40.3 Å². The molecule has 2 unspecified atom stereocenters. The minimum Gasteiger partial charge on any atom is -0.493 e. The third-order valence-electron chi connectivity index (χ3n) is 7.41. The lowest BCUT2D eigenvalue weighted by molar-refractivity contribution is -0.140. The first kappa shape index (κ1) is 31.3. The third kappa shape index (κ3) is 7.40. The minimum absolute atomic E-state index is 0.166. The van der Waals surface area contributed by atoms with Gasteiger partial charge in [0.2, 0.25) is 23.5 Å². The van der Waals surface area contributed by atoms with Gasteiger partial charge in [-0.1, -0.05) is 30.3 Å². The number of ether oxygens (including phenoxy) is 3. The molecule has 1 aliphatic heterocycles. The predicted molar refractivity (Wildman–Crippen MR) is 155 cm³/mol. The first-order valence-electron chi connectivity index (χ1n) is 13.8. The van der Waals surface area contributed by atoms with E-state index in [0.717, 1.165) is 34.9 Å². The van der Waals surface area contributed by atoms with Crippen molar-refractivity contribution in [1.29, 1.82) is 0 Å². The van der Waals surface area contributed by atoms with E-state index < -0.39 is 35.4 Å². The molecule has 0 aliphatic carbocycles. The Morgan fingerprint density at radius 3 is 2.19 bits per heavy atom. The summed E-state index contributed by atoms with van der Waals surface area (Å²) in [5.41, 5.74) is 2.79. The molecule has 3 aromatic rings. The van der Waals surface area contributed by atoms with Gasteiger partial charge in [0, 0.05) is 37.7 Å². The molecule has 9 nitrogen and oxygen atoms in total. The lowest BCUT2D eigenvalue weighted by atomic mass is 9.96. The van der Waals surface area contributed by atoms with E-state index in [0.29, 0.717) is 30.2 Å². The number of fused-ring (bicyclic) bond motifs is 1. The summed E-state index contributed by atoms with van der Waals surface area (Å²) >= 11 is 0. The molecule has 0 radical (unpaired) electrons. The lowest BCUT2D eigenvalue weighted by Crippen LogP contribution is -2.53. The van der Waals surface area contributed by atoms with E-state index in [1.165, 1.54) is 21.1 Å². The van der Waals surface area contributed by atoms with Crippen molar-refractivity contribution < 1.29 is 37.4 Å². The van der Waals surface area contributed by atoms with Crippen molar-refractivity contribution >= 4 is 17.7 Å². The molecular weight excluding hydrogens is 560 g/mol. The average molecular weight is 596 g/mol. The van der Waals surface area contributed by atoms with Gasteiger partial charge in [-0.25, -0.2) is 8.78 Å². The molecule has 4 rings (SSSR count). The molecule has 2 atom stereocenters. The molecule has 0 saturated heterocycles. The number of hydrogen-bond donors (Lipinski definition) is 2. The summed E-state index contributed by atoms with van der Waals surface area (Å²) < 4.78 is 43.7. The molecule has 228 valence electrons. The fourth-order valence-corrected chi connectivity index (χ4v) is 5.12. The minimum atomic E-state index is -1.18. The number of carbonyl (C=O) groups is 3. The van der Waals surface area contributed by atoms with E-state index in [-0.39, 0.29) is 31.0 Å². The first-order valence-corrected chi connectivity index (χ1v) is 13.8.